The summed E-state index contributed by atoms with van der Waals surface area (Å²) in [4.78, 5) is 4.25. The number of rotatable bonds is 2. The smallest absolute Gasteiger partial charge is 0.170 e. The highest BCUT2D eigenvalue weighted by Gasteiger charge is 2.25. The van der Waals surface area contributed by atoms with Crippen LogP contribution in [0.15, 0.2) is 41.1 Å². The van der Waals surface area contributed by atoms with Crippen molar-refractivity contribution >= 4 is 21.6 Å². The number of anilines is 1. The summed E-state index contributed by atoms with van der Waals surface area (Å²) in [5.74, 6) is 2.75. The third kappa shape index (κ3) is 2.45. The lowest BCUT2D eigenvalue weighted by Gasteiger charge is -2.13. The number of benzene rings is 1. The Morgan fingerprint density at radius 2 is 2.12 bits per heavy atom. The third-order valence-corrected chi connectivity index (χ3v) is 4.57. The van der Waals surface area contributed by atoms with E-state index < -0.39 is 0 Å². The van der Waals surface area contributed by atoms with E-state index in [4.69, 9.17) is 4.74 Å². The molecule has 0 saturated heterocycles. The average Bonchev–Trinajstić information content (AvgIpc) is 2.99. The van der Waals surface area contributed by atoms with Crippen molar-refractivity contribution in [2.24, 2.45) is 0 Å². The minimum atomic E-state index is 0.227. The van der Waals surface area contributed by atoms with Crippen molar-refractivity contribution in [2.75, 3.05) is 19.0 Å². The minimum Gasteiger partial charge on any atom is -0.497 e. The number of methoxy groups -OCH3 is 1. The average molecular weight is 386 g/mol. The Balaban J connectivity index is 1.96. The summed E-state index contributed by atoms with van der Waals surface area (Å²) in [5, 5.41) is 12.4. The van der Waals surface area contributed by atoms with Crippen LogP contribution >= 0.6 is 15.9 Å². The van der Waals surface area contributed by atoms with Gasteiger partial charge in [0.1, 0.15) is 11.6 Å². The summed E-state index contributed by atoms with van der Waals surface area (Å²) in [6, 6.07) is 7.97. The molecule has 2 aromatic heterocycles. The molecule has 0 saturated carbocycles. The molecule has 1 N–H and O–H groups in total. The van der Waals surface area contributed by atoms with Gasteiger partial charge in [0.2, 0.25) is 0 Å². The van der Waals surface area contributed by atoms with Gasteiger partial charge in [0, 0.05) is 41.0 Å². The number of hydrogen-bond donors (Lipinski definition) is 1. The number of pyridine rings is 1. The predicted octanol–water partition coefficient (Wildman–Crippen LogP) is 3.63. The maximum atomic E-state index is 5.35. The van der Waals surface area contributed by atoms with E-state index in [-0.39, 0.29) is 5.92 Å². The molecule has 1 aliphatic rings. The highest BCUT2D eigenvalue weighted by Crippen LogP contribution is 2.35. The summed E-state index contributed by atoms with van der Waals surface area (Å²) in [7, 11) is 1.67. The third-order valence-electron chi connectivity index (χ3n) is 4.14. The summed E-state index contributed by atoms with van der Waals surface area (Å²) < 4.78 is 8.36. The van der Waals surface area contributed by atoms with Crippen molar-refractivity contribution in [2.45, 2.75) is 12.8 Å². The molecule has 3 aromatic rings. The van der Waals surface area contributed by atoms with Crippen molar-refractivity contribution in [3.05, 3.63) is 47.0 Å². The van der Waals surface area contributed by atoms with Gasteiger partial charge in [-0.05, 0) is 34.1 Å². The Kier molecular flexibility index (Phi) is 3.72. The monoisotopic (exact) mass is 385 g/mol. The molecule has 0 bridgehead atoms. The highest BCUT2D eigenvalue weighted by molar-refractivity contribution is 9.10. The second-order valence-corrected chi connectivity index (χ2v) is 6.69. The minimum absolute atomic E-state index is 0.227. The fourth-order valence-electron chi connectivity index (χ4n) is 2.91. The lowest BCUT2D eigenvalue weighted by Crippen LogP contribution is -2.09. The fraction of sp³-hybridized carbons (Fsp3) is 0.235. The zero-order valence-electron chi connectivity index (χ0n) is 13.3. The molecule has 3 heterocycles. The Morgan fingerprint density at radius 3 is 2.92 bits per heavy atom. The van der Waals surface area contributed by atoms with E-state index in [0.717, 1.165) is 45.4 Å². The zero-order chi connectivity index (χ0) is 16.7. The van der Waals surface area contributed by atoms with Crippen LogP contribution in [-0.4, -0.2) is 33.4 Å². The molecule has 6 nitrogen and oxygen atoms in total. The van der Waals surface area contributed by atoms with Crippen molar-refractivity contribution in [3.8, 4) is 22.8 Å². The summed E-state index contributed by atoms with van der Waals surface area (Å²) in [6.45, 7) is 2.93. The SMILES string of the molecule is COc1ccc2c(c1)NC[C@@H](C)c1nnc(-c3cncc(Br)c3)n1-2. The topological polar surface area (TPSA) is 64.9 Å². The van der Waals surface area contributed by atoms with E-state index in [1.54, 1.807) is 19.5 Å². The second-order valence-electron chi connectivity index (χ2n) is 5.77. The van der Waals surface area contributed by atoms with Gasteiger partial charge in [0.15, 0.2) is 5.82 Å². The molecule has 0 amide bonds. The zero-order valence-corrected chi connectivity index (χ0v) is 14.9. The van der Waals surface area contributed by atoms with E-state index >= 15 is 0 Å². The molecular formula is C17H16BrN5O. The maximum absolute atomic E-state index is 5.35. The summed E-state index contributed by atoms with van der Waals surface area (Å²) in [6.07, 6.45) is 3.56. The fourth-order valence-corrected chi connectivity index (χ4v) is 3.27. The number of nitrogens with one attached hydrogen (secondary N) is 1. The molecule has 0 aliphatic carbocycles. The first kappa shape index (κ1) is 15.1. The Labute approximate surface area is 148 Å². The maximum Gasteiger partial charge on any atom is 0.170 e. The number of fused-ring (bicyclic) bond motifs is 3. The van der Waals surface area contributed by atoms with Gasteiger partial charge < -0.3 is 10.1 Å². The summed E-state index contributed by atoms with van der Waals surface area (Å²) >= 11 is 3.47. The van der Waals surface area contributed by atoms with Crippen LogP contribution in [0.2, 0.25) is 0 Å². The first-order valence-electron chi connectivity index (χ1n) is 7.66. The Morgan fingerprint density at radius 1 is 1.25 bits per heavy atom. The van der Waals surface area contributed by atoms with Crippen molar-refractivity contribution in [1.82, 2.24) is 19.7 Å². The van der Waals surface area contributed by atoms with E-state index in [1.807, 2.05) is 24.3 Å². The quantitative estimate of drug-likeness (QED) is 0.729. The van der Waals surface area contributed by atoms with Crippen molar-refractivity contribution in [3.63, 3.8) is 0 Å². The Hall–Kier alpha value is -2.41. The first-order valence-corrected chi connectivity index (χ1v) is 8.45. The van der Waals surface area contributed by atoms with Gasteiger partial charge in [-0.3, -0.25) is 9.55 Å². The first-order chi connectivity index (χ1) is 11.7. The molecular weight excluding hydrogens is 370 g/mol. The predicted molar refractivity (Wildman–Crippen MR) is 95.7 cm³/mol. The van der Waals surface area contributed by atoms with Gasteiger partial charge in [0.05, 0.1) is 18.5 Å². The molecule has 0 unspecified atom stereocenters. The largest absolute Gasteiger partial charge is 0.497 e. The molecule has 24 heavy (non-hydrogen) atoms. The van der Waals surface area contributed by atoms with Gasteiger partial charge >= 0.3 is 0 Å². The number of halogens is 1. The van der Waals surface area contributed by atoms with Crippen LogP contribution < -0.4 is 10.1 Å². The summed E-state index contributed by atoms with van der Waals surface area (Å²) in [5.41, 5.74) is 2.93. The van der Waals surface area contributed by atoms with Crippen LogP contribution in [0.4, 0.5) is 5.69 Å². The van der Waals surface area contributed by atoms with Crippen molar-refractivity contribution < 1.29 is 4.74 Å². The Bertz CT molecular complexity index is 908. The van der Waals surface area contributed by atoms with Crippen LogP contribution in [0.25, 0.3) is 17.1 Å². The standard InChI is InChI=1S/C17H16BrN5O/c1-10-7-20-14-6-13(24-2)3-4-15(14)23-16(10)21-22-17(23)11-5-12(18)9-19-8-11/h3-6,8-10,20H,7H2,1-2H3/t10-/m1/s1. The highest BCUT2D eigenvalue weighted by atomic mass is 79.9. The number of nitrogens with zero attached hydrogens (tertiary/aromatic N) is 4. The molecule has 0 radical (unpaired) electrons. The van der Waals surface area contributed by atoms with Gasteiger partial charge in [-0.25, -0.2) is 0 Å². The van der Waals surface area contributed by atoms with Crippen LogP contribution in [0.1, 0.15) is 18.7 Å². The van der Waals surface area contributed by atoms with Gasteiger partial charge in [-0.1, -0.05) is 6.92 Å². The lowest BCUT2D eigenvalue weighted by atomic mass is 10.1. The molecule has 1 atom stereocenters. The van der Waals surface area contributed by atoms with Gasteiger partial charge in [-0.2, -0.15) is 0 Å². The van der Waals surface area contributed by atoms with Crippen LogP contribution in [-0.2, 0) is 0 Å². The van der Waals surface area contributed by atoms with Gasteiger partial charge in [0.25, 0.3) is 0 Å². The van der Waals surface area contributed by atoms with E-state index in [1.165, 1.54) is 0 Å². The molecule has 0 fully saturated rings. The van der Waals surface area contributed by atoms with E-state index in [2.05, 4.69) is 47.9 Å². The van der Waals surface area contributed by atoms with Crippen LogP contribution in [0.3, 0.4) is 0 Å². The molecule has 1 aliphatic heterocycles. The van der Waals surface area contributed by atoms with E-state index in [9.17, 15) is 0 Å². The number of aromatic nitrogens is 4. The lowest BCUT2D eigenvalue weighted by molar-refractivity contribution is 0.415. The van der Waals surface area contributed by atoms with Crippen LogP contribution in [0, 0.1) is 0 Å². The molecule has 122 valence electrons. The molecule has 7 heteroatoms. The van der Waals surface area contributed by atoms with Crippen LogP contribution in [0.5, 0.6) is 5.75 Å². The van der Waals surface area contributed by atoms with Gasteiger partial charge in [-0.15, -0.1) is 10.2 Å². The number of hydrogen-bond acceptors (Lipinski definition) is 5. The second kappa shape index (κ2) is 5.90. The normalized spacial score (nSPS) is 15.9. The molecule has 1 aromatic carbocycles. The van der Waals surface area contributed by atoms with E-state index in [0.29, 0.717) is 0 Å². The molecule has 0 spiro atoms. The van der Waals surface area contributed by atoms with Crippen molar-refractivity contribution in [1.29, 1.82) is 0 Å². The molecule has 4 rings (SSSR count). The number of ether oxygens (including phenoxy) is 1.